The van der Waals surface area contributed by atoms with Crippen LogP contribution in [0.25, 0.3) is 6.08 Å². The van der Waals surface area contributed by atoms with Crippen molar-refractivity contribution in [1.29, 1.82) is 0 Å². The van der Waals surface area contributed by atoms with Crippen molar-refractivity contribution in [2.75, 3.05) is 16.4 Å². The van der Waals surface area contributed by atoms with Gasteiger partial charge in [-0.2, -0.15) is 0 Å². The van der Waals surface area contributed by atoms with Gasteiger partial charge in [0.1, 0.15) is 11.5 Å². The standard InChI is InChI=1S/C33H29ClFN3O3S/c1-21(2)23-13-11-22(12-14-23)17-30(38-32(40)24-7-4-3-5-8-24)33(41)37-25-9-6-10-27(18-25)42-20-31(39)36-26-15-16-29(35)28(34)19-26/h3-19,21H,20H2,1-2H3,(H,36,39)(H,37,41)(H,38,40)/b30-17+. The number of halogens is 2. The Morgan fingerprint density at radius 1 is 0.857 bits per heavy atom. The van der Waals surface area contributed by atoms with Crippen LogP contribution < -0.4 is 16.0 Å². The van der Waals surface area contributed by atoms with Crippen LogP contribution in [0.2, 0.25) is 5.02 Å². The van der Waals surface area contributed by atoms with Gasteiger partial charge in [0.2, 0.25) is 5.91 Å². The molecule has 0 unspecified atom stereocenters. The fourth-order valence-corrected chi connectivity index (χ4v) is 4.80. The Labute approximate surface area is 253 Å². The average Bonchev–Trinajstić information content (AvgIpc) is 2.98. The highest BCUT2D eigenvalue weighted by atomic mass is 35.5. The molecule has 0 aromatic heterocycles. The monoisotopic (exact) mass is 601 g/mol. The summed E-state index contributed by atoms with van der Waals surface area (Å²) in [5, 5.41) is 8.18. The molecule has 0 radical (unpaired) electrons. The number of thioether (sulfide) groups is 1. The Hall–Kier alpha value is -4.40. The highest BCUT2D eigenvalue weighted by molar-refractivity contribution is 8.00. The molecule has 0 aliphatic carbocycles. The van der Waals surface area contributed by atoms with Gasteiger partial charge < -0.3 is 16.0 Å². The number of anilines is 2. The molecule has 0 aliphatic heterocycles. The maximum atomic E-state index is 13.4. The zero-order valence-corrected chi connectivity index (χ0v) is 24.6. The van der Waals surface area contributed by atoms with Gasteiger partial charge in [-0.3, -0.25) is 14.4 Å². The Bertz CT molecular complexity index is 1610. The summed E-state index contributed by atoms with van der Waals surface area (Å²) in [6.07, 6.45) is 1.63. The van der Waals surface area contributed by atoms with E-state index in [1.165, 1.54) is 30.0 Å². The van der Waals surface area contributed by atoms with Crippen molar-refractivity contribution < 1.29 is 18.8 Å². The van der Waals surface area contributed by atoms with Crippen LogP contribution in [0.4, 0.5) is 15.8 Å². The molecule has 4 aromatic rings. The van der Waals surface area contributed by atoms with E-state index in [0.717, 1.165) is 16.0 Å². The fourth-order valence-electron chi connectivity index (χ4n) is 3.87. The number of hydrogen-bond acceptors (Lipinski definition) is 4. The predicted octanol–water partition coefficient (Wildman–Crippen LogP) is 7.74. The minimum absolute atomic E-state index is 0.0788. The third kappa shape index (κ3) is 8.80. The Morgan fingerprint density at radius 2 is 1.57 bits per heavy atom. The van der Waals surface area contributed by atoms with E-state index in [1.807, 2.05) is 36.4 Å². The molecule has 6 nitrogen and oxygen atoms in total. The number of amides is 3. The number of benzene rings is 4. The quantitative estimate of drug-likeness (QED) is 0.128. The Balaban J connectivity index is 1.46. The molecule has 0 saturated carbocycles. The number of hydrogen-bond donors (Lipinski definition) is 3. The summed E-state index contributed by atoms with van der Waals surface area (Å²) in [4.78, 5) is 39.4. The molecule has 0 fully saturated rings. The van der Waals surface area contributed by atoms with E-state index in [0.29, 0.717) is 22.9 Å². The molecule has 4 aromatic carbocycles. The summed E-state index contributed by atoms with van der Waals surface area (Å²) in [5.74, 6) is -1.33. The molecule has 0 heterocycles. The molecular formula is C33H29ClFN3O3S. The second-order valence-electron chi connectivity index (χ2n) is 9.65. The molecule has 3 N–H and O–H groups in total. The molecular weight excluding hydrogens is 573 g/mol. The Morgan fingerprint density at radius 3 is 2.26 bits per heavy atom. The summed E-state index contributed by atoms with van der Waals surface area (Å²) in [7, 11) is 0. The molecule has 214 valence electrons. The third-order valence-corrected chi connectivity index (χ3v) is 7.39. The molecule has 0 saturated heterocycles. The first-order chi connectivity index (χ1) is 20.2. The zero-order chi connectivity index (χ0) is 30.1. The number of nitrogens with one attached hydrogen (secondary N) is 3. The molecule has 3 amide bonds. The van der Waals surface area contributed by atoms with Crippen LogP contribution in [0, 0.1) is 5.82 Å². The largest absolute Gasteiger partial charge is 0.325 e. The van der Waals surface area contributed by atoms with Gasteiger partial charge >= 0.3 is 0 Å². The third-order valence-electron chi connectivity index (χ3n) is 6.11. The first kappa shape index (κ1) is 30.6. The molecule has 0 atom stereocenters. The first-order valence-electron chi connectivity index (χ1n) is 13.1. The minimum Gasteiger partial charge on any atom is -0.325 e. The van der Waals surface area contributed by atoms with Crippen LogP contribution >= 0.6 is 23.4 Å². The van der Waals surface area contributed by atoms with Crippen LogP contribution in [0.1, 0.15) is 41.3 Å². The van der Waals surface area contributed by atoms with Crippen LogP contribution in [0.3, 0.4) is 0 Å². The smallest absolute Gasteiger partial charge is 0.272 e. The van der Waals surface area contributed by atoms with Crippen LogP contribution in [0.5, 0.6) is 0 Å². The van der Waals surface area contributed by atoms with E-state index >= 15 is 0 Å². The van der Waals surface area contributed by atoms with Crippen molar-refractivity contribution in [2.45, 2.75) is 24.7 Å². The second-order valence-corrected chi connectivity index (χ2v) is 11.1. The summed E-state index contributed by atoms with van der Waals surface area (Å²) in [5.41, 5.74) is 3.31. The fraction of sp³-hybridized carbons (Fsp3) is 0.121. The lowest BCUT2D eigenvalue weighted by atomic mass is 10.0. The van der Waals surface area contributed by atoms with Crippen molar-refractivity contribution >= 4 is 58.5 Å². The van der Waals surface area contributed by atoms with Gasteiger partial charge in [0, 0.05) is 21.8 Å². The molecule has 9 heteroatoms. The Kier molecular flexibility index (Phi) is 10.5. The molecule has 4 rings (SSSR count). The first-order valence-corrected chi connectivity index (χ1v) is 14.5. The minimum atomic E-state index is -0.565. The summed E-state index contributed by atoms with van der Waals surface area (Å²) < 4.78 is 13.4. The zero-order valence-electron chi connectivity index (χ0n) is 23.0. The number of carbonyl (C=O) groups excluding carboxylic acids is 3. The lowest BCUT2D eigenvalue weighted by molar-refractivity contribution is -0.114. The van der Waals surface area contributed by atoms with Gasteiger partial charge in [0.25, 0.3) is 11.8 Å². The van der Waals surface area contributed by atoms with Crippen LogP contribution in [0.15, 0.2) is 108 Å². The molecule has 0 aliphatic rings. The lowest BCUT2D eigenvalue weighted by Gasteiger charge is -2.13. The normalized spacial score (nSPS) is 11.2. The van der Waals surface area contributed by atoms with E-state index in [9.17, 15) is 18.8 Å². The lowest BCUT2D eigenvalue weighted by Crippen LogP contribution is -2.30. The van der Waals surface area contributed by atoms with Crippen LogP contribution in [-0.4, -0.2) is 23.5 Å². The van der Waals surface area contributed by atoms with E-state index in [2.05, 4.69) is 29.8 Å². The van der Waals surface area contributed by atoms with E-state index in [-0.39, 0.29) is 22.4 Å². The van der Waals surface area contributed by atoms with E-state index in [1.54, 1.807) is 48.5 Å². The maximum absolute atomic E-state index is 13.4. The van der Waals surface area contributed by atoms with Gasteiger partial charge in [-0.1, -0.05) is 74.0 Å². The van der Waals surface area contributed by atoms with Gasteiger partial charge in [0.15, 0.2) is 0 Å². The van der Waals surface area contributed by atoms with Crippen molar-refractivity contribution in [2.24, 2.45) is 0 Å². The highest BCUT2D eigenvalue weighted by Gasteiger charge is 2.16. The molecule has 0 spiro atoms. The average molecular weight is 602 g/mol. The summed E-state index contributed by atoms with van der Waals surface area (Å²) in [6, 6.07) is 27.4. The van der Waals surface area contributed by atoms with Crippen molar-refractivity contribution in [3.63, 3.8) is 0 Å². The summed E-state index contributed by atoms with van der Waals surface area (Å²) >= 11 is 7.04. The maximum Gasteiger partial charge on any atom is 0.272 e. The second kappa shape index (κ2) is 14.5. The molecule has 42 heavy (non-hydrogen) atoms. The van der Waals surface area contributed by atoms with Gasteiger partial charge in [-0.25, -0.2) is 4.39 Å². The number of rotatable bonds is 10. The van der Waals surface area contributed by atoms with E-state index < -0.39 is 17.6 Å². The number of carbonyl (C=O) groups is 3. The van der Waals surface area contributed by atoms with Crippen LogP contribution in [-0.2, 0) is 9.59 Å². The highest BCUT2D eigenvalue weighted by Crippen LogP contribution is 2.24. The van der Waals surface area contributed by atoms with Crippen molar-refractivity contribution in [3.05, 3.63) is 130 Å². The topological polar surface area (TPSA) is 87.3 Å². The predicted molar refractivity (Wildman–Crippen MR) is 168 cm³/mol. The van der Waals surface area contributed by atoms with Gasteiger partial charge in [-0.15, -0.1) is 11.8 Å². The van der Waals surface area contributed by atoms with Gasteiger partial charge in [0.05, 0.1) is 10.8 Å². The summed E-state index contributed by atoms with van der Waals surface area (Å²) in [6.45, 7) is 4.20. The van der Waals surface area contributed by atoms with E-state index in [4.69, 9.17) is 11.6 Å². The SMILES string of the molecule is CC(C)c1ccc(/C=C(/NC(=O)c2ccccc2)C(=O)Nc2cccc(SCC(=O)Nc3ccc(F)c(Cl)c3)c2)cc1. The molecule has 0 bridgehead atoms. The van der Waals surface area contributed by atoms with Crippen molar-refractivity contribution in [3.8, 4) is 0 Å². The van der Waals surface area contributed by atoms with Crippen molar-refractivity contribution in [1.82, 2.24) is 5.32 Å². The van der Waals surface area contributed by atoms with Gasteiger partial charge in [-0.05, 0) is 71.7 Å².